The van der Waals surface area contributed by atoms with E-state index in [0.717, 1.165) is 15.7 Å². The Balaban J connectivity index is 1.51. The third-order valence-electron chi connectivity index (χ3n) is 4.67. The number of anilines is 1. The van der Waals surface area contributed by atoms with Crippen LogP contribution in [0.3, 0.4) is 0 Å². The lowest BCUT2D eigenvalue weighted by Crippen LogP contribution is -2.14. The molecule has 0 aliphatic carbocycles. The summed E-state index contributed by atoms with van der Waals surface area (Å²) in [5, 5.41) is 12.2. The number of thioether (sulfide) groups is 1. The quantitative estimate of drug-likeness (QED) is 0.264. The molecule has 4 aromatic rings. The van der Waals surface area contributed by atoms with Gasteiger partial charge >= 0.3 is 5.97 Å². The van der Waals surface area contributed by atoms with Crippen molar-refractivity contribution in [2.45, 2.75) is 5.16 Å². The first-order chi connectivity index (χ1) is 16.0. The van der Waals surface area contributed by atoms with E-state index in [1.807, 2.05) is 59.2 Å². The van der Waals surface area contributed by atoms with Crippen LogP contribution in [0.5, 0.6) is 0 Å². The number of hydrogen-bond donors (Lipinski definition) is 1. The van der Waals surface area contributed by atoms with Crippen LogP contribution in [0.1, 0.15) is 10.4 Å². The molecule has 0 unspecified atom stereocenters. The molecule has 4 rings (SSSR count). The van der Waals surface area contributed by atoms with Gasteiger partial charge in [0.15, 0.2) is 11.0 Å². The third-order valence-corrected chi connectivity index (χ3v) is 6.13. The van der Waals surface area contributed by atoms with E-state index in [1.54, 1.807) is 24.3 Å². The third kappa shape index (κ3) is 5.50. The maximum Gasteiger partial charge on any atom is 0.337 e. The summed E-state index contributed by atoms with van der Waals surface area (Å²) in [4.78, 5) is 24.1. The molecule has 1 heterocycles. The molecule has 0 saturated heterocycles. The number of rotatable bonds is 7. The molecule has 0 spiro atoms. The molecule has 0 aliphatic heterocycles. The number of aromatic nitrogens is 3. The van der Waals surface area contributed by atoms with E-state index in [-0.39, 0.29) is 11.7 Å². The minimum Gasteiger partial charge on any atom is -0.465 e. The minimum atomic E-state index is -0.426. The Bertz CT molecular complexity index is 1260. The van der Waals surface area contributed by atoms with Crippen molar-refractivity contribution < 1.29 is 14.3 Å². The number of esters is 1. The van der Waals surface area contributed by atoms with E-state index in [9.17, 15) is 9.59 Å². The van der Waals surface area contributed by atoms with Gasteiger partial charge in [0.2, 0.25) is 5.91 Å². The summed E-state index contributed by atoms with van der Waals surface area (Å²) in [6.07, 6.45) is 0. The van der Waals surface area contributed by atoms with Gasteiger partial charge in [-0.05, 0) is 48.5 Å². The van der Waals surface area contributed by atoms with Gasteiger partial charge in [-0.25, -0.2) is 4.79 Å². The van der Waals surface area contributed by atoms with Crippen molar-refractivity contribution >= 4 is 45.3 Å². The molecule has 1 aromatic heterocycles. The number of methoxy groups -OCH3 is 1. The van der Waals surface area contributed by atoms with Crippen LogP contribution < -0.4 is 5.32 Å². The molecular formula is C24H19BrN4O3S. The summed E-state index contributed by atoms with van der Waals surface area (Å²) in [5.74, 6) is 0.211. The van der Waals surface area contributed by atoms with Crippen molar-refractivity contribution in [3.8, 4) is 17.1 Å². The number of nitrogens with one attached hydrogen (secondary N) is 1. The molecule has 7 nitrogen and oxygen atoms in total. The van der Waals surface area contributed by atoms with Crippen molar-refractivity contribution in [1.29, 1.82) is 0 Å². The Kier molecular flexibility index (Phi) is 7.21. The Morgan fingerprint density at radius 1 is 0.970 bits per heavy atom. The Labute approximate surface area is 203 Å². The van der Waals surface area contributed by atoms with Crippen LogP contribution in [0.15, 0.2) is 88.5 Å². The highest BCUT2D eigenvalue weighted by Gasteiger charge is 2.17. The van der Waals surface area contributed by atoms with Gasteiger partial charge in [-0.3, -0.25) is 9.36 Å². The lowest BCUT2D eigenvalue weighted by molar-refractivity contribution is -0.113. The maximum atomic E-state index is 12.5. The second-order valence-corrected chi connectivity index (χ2v) is 8.75. The number of carbonyl (C=O) groups excluding carboxylic acids is 2. The number of nitrogens with zero attached hydrogens (tertiary/aromatic N) is 3. The molecule has 0 aliphatic rings. The van der Waals surface area contributed by atoms with E-state index < -0.39 is 5.97 Å². The highest BCUT2D eigenvalue weighted by molar-refractivity contribution is 9.10. The van der Waals surface area contributed by atoms with Crippen LogP contribution in [0, 0.1) is 0 Å². The van der Waals surface area contributed by atoms with Gasteiger partial charge in [-0.15, -0.1) is 10.2 Å². The zero-order chi connectivity index (χ0) is 23.2. The molecule has 9 heteroatoms. The van der Waals surface area contributed by atoms with E-state index in [4.69, 9.17) is 0 Å². The summed E-state index contributed by atoms with van der Waals surface area (Å²) in [5.41, 5.74) is 2.83. The molecule has 1 amide bonds. The minimum absolute atomic E-state index is 0.143. The van der Waals surface area contributed by atoms with E-state index in [2.05, 4.69) is 36.2 Å². The summed E-state index contributed by atoms with van der Waals surface area (Å²) in [6, 6.07) is 24.1. The van der Waals surface area contributed by atoms with Crippen LogP contribution in [-0.2, 0) is 9.53 Å². The molecule has 0 bridgehead atoms. The van der Waals surface area contributed by atoms with E-state index in [1.165, 1.54) is 18.9 Å². The predicted octanol–water partition coefficient (Wildman–Crippen LogP) is 5.21. The van der Waals surface area contributed by atoms with Gasteiger partial charge < -0.3 is 10.1 Å². The lowest BCUT2D eigenvalue weighted by Gasteiger charge is -2.10. The summed E-state index contributed by atoms with van der Waals surface area (Å²) in [7, 11) is 1.32. The maximum absolute atomic E-state index is 12.5. The number of hydrogen-bond acceptors (Lipinski definition) is 6. The zero-order valence-corrected chi connectivity index (χ0v) is 20.0. The normalized spacial score (nSPS) is 10.6. The molecule has 1 N–H and O–H groups in total. The van der Waals surface area contributed by atoms with E-state index in [0.29, 0.717) is 22.2 Å². The zero-order valence-electron chi connectivity index (χ0n) is 17.6. The second kappa shape index (κ2) is 10.5. The second-order valence-electron chi connectivity index (χ2n) is 6.89. The fraction of sp³-hybridized carbons (Fsp3) is 0.0833. The smallest absolute Gasteiger partial charge is 0.337 e. The van der Waals surface area contributed by atoms with Crippen molar-refractivity contribution in [2.75, 3.05) is 18.2 Å². The Hall–Kier alpha value is -3.43. The highest BCUT2D eigenvalue weighted by atomic mass is 79.9. The van der Waals surface area contributed by atoms with Crippen LogP contribution in [0.2, 0.25) is 0 Å². The average Bonchev–Trinajstić information content (AvgIpc) is 3.27. The van der Waals surface area contributed by atoms with Crippen LogP contribution in [-0.4, -0.2) is 39.5 Å². The van der Waals surface area contributed by atoms with Gasteiger partial charge in [0.25, 0.3) is 0 Å². The summed E-state index contributed by atoms with van der Waals surface area (Å²) >= 11 is 4.75. The number of carbonyl (C=O) groups is 2. The summed E-state index contributed by atoms with van der Waals surface area (Å²) in [6.45, 7) is 0. The van der Waals surface area contributed by atoms with Gasteiger partial charge in [-0.1, -0.05) is 58.0 Å². The van der Waals surface area contributed by atoms with Gasteiger partial charge in [0.05, 0.1) is 18.4 Å². The Morgan fingerprint density at radius 2 is 1.67 bits per heavy atom. The predicted molar refractivity (Wildman–Crippen MR) is 132 cm³/mol. The molecule has 0 atom stereocenters. The van der Waals surface area contributed by atoms with Crippen molar-refractivity contribution in [2.24, 2.45) is 0 Å². The van der Waals surface area contributed by atoms with Gasteiger partial charge in [0.1, 0.15) is 0 Å². The number of amides is 1. The first-order valence-electron chi connectivity index (χ1n) is 9.93. The molecule has 3 aromatic carbocycles. The molecular weight excluding hydrogens is 504 g/mol. The number of para-hydroxylation sites is 1. The standard InChI is InChI=1S/C24H19BrN4O3S/c1-32-23(31)17-9-13-19(14-10-17)26-21(30)15-33-24-28-27-22(16-7-11-18(25)12-8-16)29(24)20-5-3-2-4-6-20/h2-14H,15H2,1H3,(H,26,30). The SMILES string of the molecule is COC(=O)c1ccc(NC(=O)CSc2nnc(-c3ccc(Br)cc3)n2-c2ccccc2)cc1. The average molecular weight is 523 g/mol. The van der Waals surface area contributed by atoms with Gasteiger partial charge in [0, 0.05) is 21.4 Å². The van der Waals surface area contributed by atoms with Crippen LogP contribution in [0.4, 0.5) is 5.69 Å². The molecule has 166 valence electrons. The van der Waals surface area contributed by atoms with Crippen LogP contribution >= 0.6 is 27.7 Å². The first kappa shape index (κ1) is 22.8. The fourth-order valence-electron chi connectivity index (χ4n) is 3.09. The molecule has 0 fully saturated rings. The lowest BCUT2D eigenvalue weighted by atomic mass is 10.2. The largest absolute Gasteiger partial charge is 0.465 e. The number of ether oxygens (including phenoxy) is 1. The molecule has 33 heavy (non-hydrogen) atoms. The topological polar surface area (TPSA) is 86.1 Å². The van der Waals surface area contributed by atoms with Crippen molar-refractivity contribution in [1.82, 2.24) is 14.8 Å². The highest BCUT2D eigenvalue weighted by Crippen LogP contribution is 2.28. The number of halogens is 1. The van der Waals surface area contributed by atoms with Crippen molar-refractivity contribution in [3.05, 3.63) is 88.9 Å². The number of benzene rings is 3. The van der Waals surface area contributed by atoms with Crippen LogP contribution in [0.25, 0.3) is 17.1 Å². The van der Waals surface area contributed by atoms with Gasteiger partial charge in [-0.2, -0.15) is 0 Å². The van der Waals surface area contributed by atoms with E-state index >= 15 is 0 Å². The molecule has 0 saturated carbocycles. The Morgan fingerprint density at radius 3 is 2.33 bits per heavy atom. The monoisotopic (exact) mass is 522 g/mol. The molecule has 0 radical (unpaired) electrons. The summed E-state index contributed by atoms with van der Waals surface area (Å²) < 4.78 is 7.60. The first-order valence-corrected chi connectivity index (χ1v) is 11.7. The fourth-order valence-corrected chi connectivity index (χ4v) is 4.11. The van der Waals surface area contributed by atoms with Crippen molar-refractivity contribution in [3.63, 3.8) is 0 Å².